The molecular formula is C9H10BrN5O2S. The summed E-state index contributed by atoms with van der Waals surface area (Å²) in [7, 11) is 0. The summed E-state index contributed by atoms with van der Waals surface area (Å²) in [5.74, 6) is 0. The Morgan fingerprint density at radius 2 is 2.28 bits per heavy atom. The van der Waals surface area contributed by atoms with Gasteiger partial charge in [-0.25, -0.2) is 4.79 Å². The number of rotatable bonds is 4. The summed E-state index contributed by atoms with van der Waals surface area (Å²) in [5.41, 5.74) is -0.912. The standard InChI is InChI=1S/C9H10BrN5O2S/c1-2-11-8-14-13-6(18-8)4-15-3-5(10)7(16)12-9(15)17/h3H,2,4H2,1H3,(H,11,14)(H,12,16,17). The fourth-order valence-electron chi connectivity index (χ4n) is 1.29. The maximum atomic E-state index is 11.6. The number of nitrogens with one attached hydrogen (secondary N) is 2. The Morgan fingerprint density at radius 1 is 1.50 bits per heavy atom. The highest BCUT2D eigenvalue weighted by Crippen LogP contribution is 2.15. The molecule has 18 heavy (non-hydrogen) atoms. The normalized spacial score (nSPS) is 10.6. The Hall–Kier alpha value is -1.48. The summed E-state index contributed by atoms with van der Waals surface area (Å²) in [4.78, 5) is 24.9. The zero-order chi connectivity index (χ0) is 13.1. The predicted molar refractivity (Wildman–Crippen MR) is 72.2 cm³/mol. The van der Waals surface area contributed by atoms with Crippen molar-refractivity contribution < 1.29 is 0 Å². The van der Waals surface area contributed by atoms with Gasteiger partial charge in [-0.05, 0) is 22.9 Å². The highest BCUT2D eigenvalue weighted by atomic mass is 79.9. The minimum Gasteiger partial charge on any atom is -0.360 e. The maximum absolute atomic E-state index is 11.6. The third-order valence-electron chi connectivity index (χ3n) is 2.07. The molecule has 0 aliphatic carbocycles. The first-order valence-corrected chi connectivity index (χ1v) is 6.76. The van der Waals surface area contributed by atoms with Crippen molar-refractivity contribution in [3.8, 4) is 0 Å². The molecule has 0 aromatic carbocycles. The van der Waals surface area contributed by atoms with Crippen LogP contribution in [-0.2, 0) is 6.54 Å². The molecule has 2 aromatic heterocycles. The van der Waals surface area contributed by atoms with E-state index in [1.807, 2.05) is 6.92 Å². The van der Waals surface area contributed by atoms with Crippen molar-refractivity contribution in [2.45, 2.75) is 13.5 Å². The first-order chi connectivity index (χ1) is 8.60. The lowest BCUT2D eigenvalue weighted by Crippen LogP contribution is -2.30. The summed E-state index contributed by atoms with van der Waals surface area (Å²) in [6, 6.07) is 0. The fraction of sp³-hybridized carbons (Fsp3) is 0.333. The van der Waals surface area contributed by atoms with Crippen LogP contribution >= 0.6 is 27.3 Å². The van der Waals surface area contributed by atoms with Gasteiger partial charge in [0.1, 0.15) is 5.01 Å². The summed E-state index contributed by atoms with van der Waals surface area (Å²) >= 11 is 4.45. The Labute approximate surface area is 114 Å². The van der Waals surface area contributed by atoms with Crippen molar-refractivity contribution >= 4 is 32.4 Å². The van der Waals surface area contributed by atoms with Crippen LogP contribution in [0, 0.1) is 0 Å². The molecule has 0 saturated heterocycles. The lowest BCUT2D eigenvalue weighted by atomic mass is 10.6. The van der Waals surface area contributed by atoms with Crippen LogP contribution in [0.1, 0.15) is 11.9 Å². The van der Waals surface area contributed by atoms with Gasteiger partial charge in [-0.15, -0.1) is 10.2 Å². The number of halogens is 1. The van der Waals surface area contributed by atoms with E-state index in [1.165, 1.54) is 22.1 Å². The van der Waals surface area contributed by atoms with E-state index in [4.69, 9.17) is 0 Å². The lowest BCUT2D eigenvalue weighted by molar-refractivity contribution is 0.705. The Kier molecular flexibility index (Phi) is 3.92. The molecule has 0 unspecified atom stereocenters. The van der Waals surface area contributed by atoms with E-state index in [1.54, 1.807) is 0 Å². The molecule has 0 radical (unpaired) electrons. The zero-order valence-electron chi connectivity index (χ0n) is 9.44. The number of anilines is 1. The van der Waals surface area contributed by atoms with Crippen molar-refractivity contribution in [1.29, 1.82) is 0 Å². The van der Waals surface area contributed by atoms with E-state index in [0.717, 1.165) is 6.54 Å². The summed E-state index contributed by atoms with van der Waals surface area (Å²) < 4.78 is 1.67. The van der Waals surface area contributed by atoms with Crippen molar-refractivity contribution in [3.63, 3.8) is 0 Å². The van der Waals surface area contributed by atoms with E-state index < -0.39 is 11.2 Å². The fourth-order valence-corrected chi connectivity index (χ4v) is 2.44. The lowest BCUT2D eigenvalue weighted by Gasteiger charge is -2.01. The molecule has 9 heteroatoms. The molecule has 0 amide bonds. The van der Waals surface area contributed by atoms with Gasteiger partial charge in [-0.3, -0.25) is 14.3 Å². The van der Waals surface area contributed by atoms with Crippen LogP contribution < -0.4 is 16.6 Å². The molecule has 2 N–H and O–H groups in total. The van der Waals surface area contributed by atoms with Crippen LogP contribution in [0.4, 0.5) is 5.13 Å². The van der Waals surface area contributed by atoms with Crippen LogP contribution in [0.25, 0.3) is 0 Å². The van der Waals surface area contributed by atoms with Gasteiger partial charge in [0.15, 0.2) is 0 Å². The van der Waals surface area contributed by atoms with Crippen molar-refractivity contribution in [3.05, 3.63) is 36.5 Å². The third kappa shape index (κ3) is 2.85. The smallest absolute Gasteiger partial charge is 0.328 e. The quantitative estimate of drug-likeness (QED) is 0.857. The van der Waals surface area contributed by atoms with E-state index in [-0.39, 0.29) is 6.54 Å². The van der Waals surface area contributed by atoms with Crippen LogP contribution in [0.15, 0.2) is 20.3 Å². The summed E-state index contributed by atoms with van der Waals surface area (Å²) in [6.07, 6.45) is 1.44. The number of aromatic amines is 1. The first-order valence-electron chi connectivity index (χ1n) is 5.15. The van der Waals surface area contributed by atoms with Gasteiger partial charge in [0.05, 0.1) is 11.0 Å². The molecule has 2 rings (SSSR count). The van der Waals surface area contributed by atoms with Crippen LogP contribution in [-0.4, -0.2) is 26.3 Å². The first kappa shape index (κ1) is 13.0. The van der Waals surface area contributed by atoms with Gasteiger partial charge in [0.2, 0.25) is 5.13 Å². The van der Waals surface area contributed by atoms with E-state index >= 15 is 0 Å². The predicted octanol–water partition coefficient (Wildman–Crippen LogP) is 0.631. The number of aromatic nitrogens is 4. The number of hydrogen-bond donors (Lipinski definition) is 2. The molecule has 0 aliphatic rings. The molecule has 2 heterocycles. The topological polar surface area (TPSA) is 92.7 Å². The second-order valence-corrected chi connectivity index (χ2v) is 5.31. The van der Waals surface area contributed by atoms with Crippen molar-refractivity contribution in [1.82, 2.24) is 19.7 Å². The summed E-state index contributed by atoms with van der Waals surface area (Å²) in [5, 5.41) is 12.3. The highest BCUT2D eigenvalue weighted by Gasteiger charge is 2.07. The number of nitrogens with zero attached hydrogens (tertiary/aromatic N) is 3. The third-order valence-corrected chi connectivity index (χ3v) is 3.50. The molecule has 0 spiro atoms. The van der Waals surface area contributed by atoms with E-state index in [0.29, 0.717) is 14.6 Å². The molecule has 0 saturated carbocycles. The van der Waals surface area contributed by atoms with E-state index in [2.05, 4.69) is 36.4 Å². The largest absolute Gasteiger partial charge is 0.360 e. The van der Waals surface area contributed by atoms with Crippen LogP contribution in [0.3, 0.4) is 0 Å². The minimum atomic E-state index is -0.469. The highest BCUT2D eigenvalue weighted by molar-refractivity contribution is 9.10. The second-order valence-electron chi connectivity index (χ2n) is 3.40. The van der Waals surface area contributed by atoms with Gasteiger partial charge < -0.3 is 5.32 Å². The SMILES string of the molecule is CCNc1nnc(Cn2cc(Br)c(=O)[nH]c2=O)s1. The van der Waals surface area contributed by atoms with Gasteiger partial charge in [-0.2, -0.15) is 0 Å². The Bertz CT molecular complexity index is 661. The molecule has 0 bridgehead atoms. The average molecular weight is 332 g/mol. The van der Waals surface area contributed by atoms with Gasteiger partial charge in [0.25, 0.3) is 5.56 Å². The summed E-state index contributed by atoms with van der Waals surface area (Å²) in [6.45, 7) is 3.00. The van der Waals surface area contributed by atoms with Gasteiger partial charge in [-0.1, -0.05) is 11.3 Å². The Morgan fingerprint density at radius 3 is 3.00 bits per heavy atom. The monoisotopic (exact) mass is 331 g/mol. The molecule has 0 aliphatic heterocycles. The van der Waals surface area contributed by atoms with Gasteiger partial charge >= 0.3 is 5.69 Å². The van der Waals surface area contributed by atoms with Crippen molar-refractivity contribution in [2.24, 2.45) is 0 Å². The van der Waals surface area contributed by atoms with Crippen molar-refractivity contribution in [2.75, 3.05) is 11.9 Å². The number of hydrogen-bond acceptors (Lipinski definition) is 6. The van der Waals surface area contributed by atoms with Gasteiger partial charge in [0, 0.05) is 12.7 Å². The minimum absolute atomic E-state index is 0.275. The molecule has 0 atom stereocenters. The molecule has 0 fully saturated rings. The molecule has 7 nitrogen and oxygen atoms in total. The molecular weight excluding hydrogens is 322 g/mol. The zero-order valence-corrected chi connectivity index (χ0v) is 11.8. The van der Waals surface area contributed by atoms with Crippen LogP contribution in [0.2, 0.25) is 0 Å². The maximum Gasteiger partial charge on any atom is 0.328 e. The molecule has 96 valence electrons. The number of H-pyrrole nitrogens is 1. The average Bonchev–Trinajstić information content (AvgIpc) is 2.74. The second kappa shape index (κ2) is 5.44. The Balaban J connectivity index is 2.25. The van der Waals surface area contributed by atoms with E-state index in [9.17, 15) is 9.59 Å². The molecule has 2 aromatic rings. The van der Waals surface area contributed by atoms with Crippen LogP contribution in [0.5, 0.6) is 0 Å².